The van der Waals surface area contributed by atoms with Gasteiger partial charge in [0.2, 0.25) is 10.0 Å². The lowest BCUT2D eigenvalue weighted by Crippen LogP contribution is -2.30. The van der Waals surface area contributed by atoms with Crippen LogP contribution in [0.2, 0.25) is 5.02 Å². The summed E-state index contributed by atoms with van der Waals surface area (Å²) < 4.78 is 54.8. The van der Waals surface area contributed by atoms with Gasteiger partial charge in [-0.3, -0.25) is 4.79 Å². The fraction of sp³-hybridized carbons (Fsp3) is 0.103. The summed E-state index contributed by atoms with van der Waals surface area (Å²) in [6, 6.07) is 23.6. The zero-order chi connectivity index (χ0) is 28.0. The van der Waals surface area contributed by atoms with Gasteiger partial charge in [-0.05, 0) is 84.3 Å². The van der Waals surface area contributed by atoms with E-state index < -0.39 is 21.7 Å². The molecular formula is C29H24ClF2N3O3S. The van der Waals surface area contributed by atoms with E-state index in [4.69, 9.17) is 11.6 Å². The van der Waals surface area contributed by atoms with E-state index in [1.165, 1.54) is 65.0 Å². The summed E-state index contributed by atoms with van der Waals surface area (Å²) in [5.74, 6) is -1.25. The molecule has 10 heteroatoms. The third-order valence-corrected chi connectivity index (χ3v) is 7.94. The molecule has 0 fully saturated rings. The largest absolute Gasteiger partial charge is 0.271 e. The zero-order valence-electron chi connectivity index (χ0n) is 20.8. The molecule has 6 nitrogen and oxygen atoms in total. The standard InChI is InChI=1S/C29H24ClF2N3O3S/c1-20(23-8-14-27(32)15-9-23)33-34-29(36)24-6-2-21(3-7-24)18-35(19-22-4-12-26(31)13-5-22)39(37,38)28-16-10-25(30)11-17-28/h2-17H,18-19H2,1H3,(H,34,36)/b33-20-. The number of sulfonamides is 1. The second kappa shape index (κ2) is 12.3. The molecule has 1 N–H and O–H groups in total. The van der Waals surface area contributed by atoms with E-state index in [1.54, 1.807) is 43.3 Å². The third-order valence-electron chi connectivity index (χ3n) is 5.89. The Bertz CT molecular complexity index is 1580. The Hall–Kier alpha value is -3.92. The third kappa shape index (κ3) is 7.35. The van der Waals surface area contributed by atoms with Crippen molar-refractivity contribution < 1.29 is 22.0 Å². The lowest BCUT2D eigenvalue weighted by molar-refractivity contribution is 0.0954. The van der Waals surface area contributed by atoms with Crippen LogP contribution in [-0.2, 0) is 23.1 Å². The van der Waals surface area contributed by atoms with Crippen LogP contribution in [0.25, 0.3) is 0 Å². The summed E-state index contributed by atoms with van der Waals surface area (Å²) >= 11 is 5.93. The van der Waals surface area contributed by atoms with Crippen molar-refractivity contribution in [1.29, 1.82) is 0 Å². The Kier molecular flexibility index (Phi) is 8.86. The Morgan fingerprint density at radius 2 is 1.23 bits per heavy atom. The number of carbonyl (C=O) groups excluding carboxylic acids is 1. The molecule has 0 saturated carbocycles. The van der Waals surface area contributed by atoms with Crippen LogP contribution in [0.3, 0.4) is 0 Å². The first kappa shape index (κ1) is 28.1. The molecule has 0 aromatic heterocycles. The summed E-state index contributed by atoms with van der Waals surface area (Å²) in [6.07, 6.45) is 0. The molecule has 0 atom stereocenters. The molecule has 0 bridgehead atoms. The number of hydrogen-bond acceptors (Lipinski definition) is 4. The monoisotopic (exact) mass is 567 g/mol. The smallest absolute Gasteiger partial charge is 0.267 e. The van der Waals surface area contributed by atoms with Gasteiger partial charge in [0.25, 0.3) is 5.91 Å². The van der Waals surface area contributed by atoms with Crippen LogP contribution in [0.4, 0.5) is 8.78 Å². The summed E-state index contributed by atoms with van der Waals surface area (Å²) in [5, 5.41) is 4.47. The average molecular weight is 568 g/mol. The Morgan fingerprint density at radius 3 is 1.77 bits per heavy atom. The van der Waals surface area contributed by atoms with E-state index in [-0.39, 0.29) is 23.8 Å². The van der Waals surface area contributed by atoms with Gasteiger partial charge in [0, 0.05) is 23.7 Å². The minimum absolute atomic E-state index is 0.00482. The molecule has 0 radical (unpaired) electrons. The Balaban J connectivity index is 1.51. The Morgan fingerprint density at radius 1 is 0.769 bits per heavy atom. The van der Waals surface area contributed by atoms with E-state index >= 15 is 0 Å². The number of carbonyl (C=O) groups is 1. The van der Waals surface area contributed by atoms with Crippen molar-refractivity contribution in [2.45, 2.75) is 24.9 Å². The van der Waals surface area contributed by atoms with E-state index in [9.17, 15) is 22.0 Å². The molecule has 0 spiro atoms. The molecule has 4 rings (SSSR count). The zero-order valence-corrected chi connectivity index (χ0v) is 22.4. The van der Waals surface area contributed by atoms with Crippen molar-refractivity contribution in [3.8, 4) is 0 Å². The molecule has 200 valence electrons. The number of benzene rings is 4. The number of amides is 1. The van der Waals surface area contributed by atoms with E-state index in [0.717, 1.165) is 0 Å². The van der Waals surface area contributed by atoms with E-state index in [0.29, 0.717) is 33.0 Å². The van der Waals surface area contributed by atoms with Crippen LogP contribution in [0.5, 0.6) is 0 Å². The lowest BCUT2D eigenvalue weighted by atomic mass is 10.1. The van der Waals surface area contributed by atoms with Crippen molar-refractivity contribution in [2.24, 2.45) is 5.10 Å². The minimum atomic E-state index is -3.94. The molecule has 0 aliphatic heterocycles. The molecule has 0 heterocycles. The Labute approximate surface area is 230 Å². The van der Waals surface area contributed by atoms with Gasteiger partial charge >= 0.3 is 0 Å². The van der Waals surface area contributed by atoms with E-state index in [1.807, 2.05) is 0 Å². The van der Waals surface area contributed by atoms with Gasteiger partial charge in [0.1, 0.15) is 11.6 Å². The fourth-order valence-corrected chi connectivity index (χ4v) is 5.24. The quantitative estimate of drug-likeness (QED) is 0.194. The van der Waals surface area contributed by atoms with Crippen LogP contribution in [-0.4, -0.2) is 24.3 Å². The maximum absolute atomic E-state index is 13.5. The number of halogens is 3. The van der Waals surface area contributed by atoms with Crippen molar-refractivity contribution in [3.63, 3.8) is 0 Å². The van der Waals surface area contributed by atoms with Gasteiger partial charge in [-0.1, -0.05) is 48.0 Å². The molecule has 0 aliphatic carbocycles. The number of nitrogens with zero attached hydrogens (tertiary/aromatic N) is 2. The highest BCUT2D eigenvalue weighted by Gasteiger charge is 2.25. The van der Waals surface area contributed by atoms with Crippen molar-refractivity contribution in [3.05, 3.63) is 136 Å². The first-order valence-corrected chi connectivity index (χ1v) is 13.6. The molecular weight excluding hydrogens is 544 g/mol. The second-order valence-electron chi connectivity index (χ2n) is 8.70. The fourth-order valence-electron chi connectivity index (χ4n) is 3.69. The molecule has 39 heavy (non-hydrogen) atoms. The van der Waals surface area contributed by atoms with Gasteiger partial charge in [0.15, 0.2) is 0 Å². The van der Waals surface area contributed by atoms with Crippen molar-refractivity contribution >= 4 is 33.2 Å². The molecule has 0 saturated heterocycles. The predicted molar refractivity (Wildman–Crippen MR) is 147 cm³/mol. The highest BCUT2D eigenvalue weighted by Crippen LogP contribution is 2.23. The first-order valence-electron chi connectivity index (χ1n) is 11.8. The van der Waals surface area contributed by atoms with Crippen molar-refractivity contribution in [2.75, 3.05) is 0 Å². The number of hydrogen-bond donors (Lipinski definition) is 1. The van der Waals surface area contributed by atoms with Gasteiger partial charge in [0.05, 0.1) is 10.6 Å². The minimum Gasteiger partial charge on any atom is -0.267 e. The molecule has 1 amide bonds. The van der Waals surface area contributed by atoms with Crippen LogP contribution in [0, 0.1) is 11.6 Å². The summed E-state index contributed by atoms with van der Waals surface area (Å²) in [6.45, 7) is 1.70. The SMILES string of the molecule is C/C(=N/NC(=O)c1ccc(CN(Cc2ccc(F)cc2)S(=O)(=O)c2ccc(Cl)cc2)cc1)c1ccc(F)cc1. The maximum Gasteiger partial charge on any atom is 0.271 e. The topological polar surface area (TPSA) is 78.8 Å². The normalized spacial score (nSPS) is 12.0. The molecule has 0 unspecified atom stereocenters. The van der Waals surface area contributed by atoms with Gasteiger partial charge in [-0.25, -0.2) is 22.6 Å². The average Bonchev–Trinajstić information content (AvgIpc) is 2.93. The van der Waals surface area contributed by atoms with Crippen LogP contribution >= 0.6 is 11.6 Å². The second-order valence-corrected chi connectivity index (χ2v) is 11.1. The predicted octanol–water partition coefficient (Wildman–Crippen LogP) is 6.16. The first-order chi connectivity index (χ1) is 18.6. The van der Waals surface area contributed by atoms with Gasteiger partial charge in [-0.2, -0.15) is 9.41 Å². The number of rotatable bonds is 9. The van der Waals surface area contributed by atoms with Crippen molar-refractivity contribution in [1.82, 2.24) is 9.73 Å². The summed E-state index contributed by atoms with van der Waals surface area (Å²) in [5.41, 5.74) is 5.20. The highest BCUT2D eigenvalue weighted by atomic mass is 35.5. The van der Waals surface area contributed by atoms with E-state index in [2.05, 4.69) is 10.5 Å². The highest BCUT2D eigenvalue weighted by molar-refractivity contribution is 7.89. The van der Waals surface area contributed by atoms with Crippen LogP contribution in [0.15, 0.2) is 107 Å². The summed E-state index contributed by atoms with van der Waals surface area (Å²) in [4.78, 5) is 12.7. The van der Waals surface area contributed by atoms with Crippen LogP contribution in [0.1, 0.15) is 34.0 Å². The lowest BCUT2D eigenvalue weighted by Gasteiger charge is -2.23. The van der Waals surface area contributed by atoms with Gasteiger partial charge in [-0.15, -0.1) is 0 Å². The number of hydrazone groups is 1. The molecule has 4 aromatic rings. The van der Waals surface area contributed by atoms with Gasteiger partial charge < -0.3 is 0 Å². The maximum atomic E-state index is 13.5. The number of nitrogens with one attached hydrogen (secondary N) is 1. The molecule has 0 aliphatic rings. The summed E-state index contributed by atoms with van der Waals surface area (Å²) in [7, 11) is -3.94. The molecule has 4 aromatic carbocycles. The van der Waals surface area contributed by atoms with Crippen LogP contribution < -0.4 is 5.43 Å².